The van der Waals surface area contributed by atoms with Crippen LogP contribution in [-0.2, 0) is 4.79 Å². The number of carbonyl (C=O) groups is 2. The Kier molecular flexibility index (Phi) is 5.76. The van der Waals surface area contributed by atoms with Gasteiger partial charge in [-0.05, 0) is 49.2 Å². The summed E-state index contributed by atoms with van der Waals surface area (Å²) >= 11 is 1.35. The fourth-order valence-corrected chi connectivity index (χ4v) is 3.66. The van der Waals surface area contributed by atoms with E-state index in [1.807, 2.05) is 35.0 Å². The SMILES string of the molecule is CCC(=O)Nc1ccc(C(=O)CSc2nc(C3CC3)n(-c3ccccc3)n2)cc1. The molecule has 6 nitrogen and oxygen atoms in total. The lowest BCUT2D eigenvalue weighted by Crippen LogP contribution is -2.09. The van der Waals surface area contributed by atoms with Crippen LogP contribution in [0.15, 0.2) is 59.8 Å². The number of carbonyl (C=O) groups excluding carboxylic acids is 2. The highest BCUT2D eigenvalue weighted by Gasteiger charge is 2.30. The standard InChI is InChI=1S/C22H22N4O2S/c1-2-20(28)23-17-12-10-15(11-13-17)19(27)14-29-22-24-21(16-8-9-16)26(25-22)18-6-4-3-5-7-18/h3-7,10-13,16H,2,8-9,14H2,1H3,(H,23,28). The molecule has 2 aromatic carbocycles. The normalized spacial score (nSPS) is 13.3. The van der Waals surface area contributed by atoms with E-state index in [0.29, 0.717) is 28.7 Å². The number of nitrogens with zero attached hydrogens (tertiary/aromatic N) is 3. The maximum absolute atomic E-state index is 12.5. The molecule has 7 heteroatoms. The second-order valence-electron chi connectivity index (χ2n) is 6.97. The lowest BCUT2D eigenvalue weighted by Gasteiger charge is -2.04. The van der Waals surface area contributed by atoms with Crippen LogP contribution in [0.3, 0.4) is 0 Å². The maximum Gasteiger partial charge on any atom is 0.224 e. The van der Waals surface area contributed by atoms with E-state index in [0.717, 1.165) is 24.4 Å². The van der Waals surface area contributed by atoms with Crippen LogP contribution in [0.5, 0.6) is 0 Å². The van der Waals surface area contributed by atoms with Crippen LogP contribution in [0.1, 0.15) is 48.3 Å². The zero-order valence-corrected chi connectivity index (χ0v) is 17.0. The minimum Gasteiger partial charge on any atom is -0.326 e. The van der Waals surface area contributed by atoms with Gasteiger partial charge in [0.25, 0.3) is 0 Å². The summed E-state index contributed by atoms with van der Waals surface area (Å²) in [6, 6.07) is 16.9. The Morgan fingerprint density at radius 1 is 1.10 bits per heavy atom. The highest BCUT2D eigenvalue weighted by atomic mass is 32.2. The molecule has 0 unspecified atom stereocenters. The number of benzene rings is 2. The number of nitrogens with one attached hydrogen (secondary N) is 1. The van der Waals surface area contributed by atoms with Crippen LogP contribution >= 0.6 is 11.8 Å². The summed E-state index contributed by atoms with van der Waals surface area (Å²) in [5, 5.41) is 8.03. The predicted octanol–water partition coefficient (Wildman–Crippen LogP) is 4.47. The summed E-state index contributed by atoms with van der Waals surface area (Å²) < 4.78 is 1.90. The minimum absolute atomic E-state index is 0.00685. The number of anilines is 1. The molecular weight excluding hydrogens is 384 g/mol. The first-order valence-electron chi connectivity index (χ1n) is 9.72. The Morgan fingerprint density at radius 2 is 1.83 bits per heavy atom. The van der Waals surface area contributed by atoms with Gasteiger partial charge in [-0.25, -0.2) is 9.67 Å². The third kappa shape index (κ3) is 4.74. The summed E-state index contributed by atoms with van der Waals surface area (Å²) in [7, 11) is 0. The molecule has 1 aliphatic carbocycles. The largest absolute Gasteiger partial charge is 0.326 e. The zero-order valence-electron chi connectivity index (χ0n) is 16.2. The molecule has 0 atom stereocenters. The van der Waals surface area contributed by atoms with Crippen molar-refractivity contribution in [2.75, 3.05) is 11.1 Å². The first-order chi connectivity index (χ1) is 14.1. The summed E-state index contributed by atoms with van der Waals surface area (Å²) in [5.41, 5.74) is 2.29. The van der Waals surface area contributed by atoms with E-state index in [4.69, 9.17) is 0 Å². The van der Waals surface area contributed by atoms with Gasteiger partial charge >= 0.3 is 0 Å². The Labute approximate surface area is 173 Å². The van der Waals surface area contributed by atoms with Gasteiger partial charge in [-0.2, -0.15) is 0 Å². The first-order valence-corrected chi connectivity index (χ1v) is 10.7. The Balaban J connectivity index is 1.42. The third-order valence-corrected chi connectivity index (χ3v) is 5.54. The maximum atomic E-state index is 12.5. The smallest absolute Gasteiger partial charge is 0.224 e. The van der Waals surface area contributed by atoms with Gasteiger partial charge in [0.15, 0.2) is 5.78 Å². The molecule has 1 aromatic heterocycles. The van der Waals surface area contributed by atoms with Crippen molar-refractivity contribution in [3.8, 4) is 5.69 Å². The van der Waals surface area contributed by atoms with Crippen molar-refractivity contribution in [3.63, 3.8) is 0 Å². The summed E-state index contributed by atoms with van der Waals surface area (Å²) in [6.45, 7) is 1.80. The first kappa shape index (κ1) is 19.4. The average Bonchev–Trinajstić information content (AvgIpc) is 3.52. The van der Waals surface area contributed by atoms with Crippen LogP contribution < -0.4 is 5.32 Å². The summed E-state index contributed by atoms with van der Waals surface area (Å²) in [6.07, 6.45) is 2.69. The Morgan fingerprint density at radius 3 is 2.48 bits per heavy atom. The highest BCUT2D eigenvalue weighted by molar-refractivity contribution is 7.99. The van der Waals surface area contributed by atoms with Crippen molar-refractivity contribution in [1.82, 2.24) is 14.8 Å². The van der Waals surface area contributed by atoms with Gasteiger partial charge in [0.1, 0.15) is 5.82 Å². The fourth-order valence-electron chi connectivity index (χ4n) is 2.93. The van der Waals surface area contributed by atoms with Gasteiger partial charge in [0.2, 0.25) is 11.1 Å². The third-order valence-electron chi connectivity index (χ3n) is 4.70. The predicted molar refractivity (Wildman–Crippen MR) is 114 cm³/mol. The molecule has 1 N–H and O–H groups in total. The van der Waals surface area contributed by atoms with E-state index in [9.17, 15) is 9.59 Å². The molecule has 4 rings (SSSR count). The molecule has 1 heterocycles. The molecule has 0 aliphatic heterocycles. The van der Waals surface area contributed by atoms with Crippen molar-refractivity contribution in [2.24, 2.45) is 0 Å². The van der Waals surface area contributed by atoms with Crippen LogP contribution in [0.4, 0.5) is 5.69 Å². The van der Waals surface area contributed by atoms with Gasteiger partial charge < -0.3 is 5.32 Å². The van der Waals surface area contributed by atoms with Gasteiger partial charge in [-0.3, -0.25) is 9.59 Å². The molecular formula is C22H22N4O2S. The molecule has 0 bridgehead atoms. The number of aromatic nitrogens is 3. The zero-order chi connectivity index (χ0) is 20.2. The topological polar surface area (TPSA) is 76.9 Å². The number of amides is 1. The second-order valence-corrected chi connectivity index (χ2v) is 7.91. The molecule has 1 aliphatic rings. The fraction of sp³-hybridized carbons (Fsp3) is 0.273. The number of ketones is 1. The number of rotatable bonds is 8. The molecule has 0 radical (unpaired) electrons. The molecule has 1 saturated carbocycles. The molecule has 0 saturated heterocycles. The van der Waals surface area contributed by atoms with Crippen LogP contribution in [-0.4, -0.2) is 32.2 Å². The van der Waals surface area contributed by atoms with Gasteiger partial charge in [-0.1, -0.05) is 36.9 Å². The van der Waals surface area contributed by atoms with Crippen LogP contribution in [0.25, 0.3) is 5.69 Å². The van der Waals surface area contributed by atoms with Gasteiger partial charge in [0, 0.05) is 23.6 Å². The molecule has 148 valence electrons. The van der Waals surface area contributed by atoms with E-state index in [1.165, 1.54) is 11.8 Å². The molecule has 29 heavy (non-hydrogen) atoms. The lowest BCUT2D eigenvalue weighted by molar-refractivity contribution is -0.115. The number of thioether (sulfide) groups is 1. The minimum atomic E-state index is -0.0498. The number of hydrogen-bond acceptors (Lipinski definition) is 5. The quantitative estimate of drug-likeness (QED) is 0.441. The van der Waals surface area contributed by atoms with Crippen molar-refractivity contribution in [3.05, 3.63) is 66.0 Å². The summed E-state index contributed by atoms with van der Waals surface area (Å²) in [4.78, 5) is 28.7. The lowest BCUT2D eigenvalue weighted by atomic mass is 10.1. The Bertz CT molecular complexity index is 1010. The molecule has 1 amide bonds. The molecule has 3 aromatic rings. The van der Waals surface area contributed by atoms with E-state index < -0.39 is 0 Å². The van der Waals surface area contributed by atoms with Gasteiger partial charge in [0.05, 0.1) is 11.4 Å². The van der Waals surface area contributed by atoms with Crippen molar-refractivity contribution in [1.29, 1.82) is 0 Å². The van der Waals surface area contributed by atoms with E-state index in [1.54, 1.807) is 31.2 Å². The number of para-hydroxylation sites is 1. The number of hydrogen-bond donors (Lipinski definition) is 1. The van der Waals surface area contributed by atoms with E-state index >= 15 is 0 Å². The monoisotopic (exact) mass is 406 g/mol. The van der Waals surface area contributed by atoms with Crippen LogP contribution in [0.2, 0.25) is 0 Å². The van der Waals surface area contributed by atoms with Crippen molar-refractivity contribution in [2.45, 2.75) is 37.3 Å². The van der Waals surface area contributed by atoms with Crippen molar-refractivity contribution < 1.29 is 9.59 Å². The van der Waals surface area contributed by atoms with E-state index in [-0.39, 0.29) is 17.4 Å². The highest BCUT2D eigenvalue weighted by Crippen LogP contribution is 2.40. The number of Topliss-reactive ketones (excluding diaryl/α,β-unsaturated/α-hetero) is 1. The molecule has 1 fully saturated rings. The Hall–Kier alpha value is -2.93. The van der Waals surface area contributed by atoms with Crippen molar-refractivity contribution >= 4 is 29.1 Å². The second kappa shape index (κ2) is 8.61. The van der Waals surface area contributed by atoms with Gasteiger partial charge in [-0.15, -0.1) is 5.10 Å². The summed E-state index contributed by atoms with van der Waals surface area (Å²) in [5.74, 6) is 1.66. The average molecular weight is 407 g/mol. The van der Waals surface area contributed by atoms with E-state index in [2.05, 4.69) is 15.4 Å². The molecule has 0 spiro atoms. The van der Waals surface area contributed by atoms with Crippen LogP contribution in [0, 0.1) is 0 Å².